The third-order valence-electron chi connectivity index (χ3n) is 0. The van der Waals surface area contributed by atoms with E-state index >= 15 is 0 Å². The molecule has 0 rings (SSSR count). The fourth-order valence-corrected chi connectivity index (χ4v) is 0. The van der Waals surface area contributed by atoms with Gasteiger partial charge >= 0.3 is 34.1 Å². The van der Waals surface area contributed by atoms with Crippen molar-refractivity contribution in [3.05, 3.63) is 0 Å². The van der Waals surface area contributed by atoms with Gasteiger partial charge in [-0.3, -0.25) is 0 Å². The molecule has 0 unspecified atom stereocenters. The Hall–Kier alpha value is 0.959. The SMILES string of the molecule is [Mn+2].[Mn+2].[O-2].[OH-]. The van der Waals surface area contributed by atoms with Crippen LogP contribution in [-0.2, 0) is 39.6 Å². The van der Waals surface area contributed by atoms with E-state index in [1.54, 1.807) is 0 Å². The molecule has 4 heteroatoms. The molecule has 0 aromatic carbocycles. The van der Waals surface area contributed by atoms with Crippen molar-refractivity contribution < 1.29 is 45.1 Å². The molecule has 0 bridgehead atoms. The van der Waals surface area contributed by atoms with Crippen LogP contribution in [0.3, 0.4) is 0 Å². The summed E-state index contributed by atoms with van der Waals surface area (Å²) < 4.78 is 0. The molecule has 0 aromatic rings. The average molecular weight is 143 g/mol. The van der Waals surface area contributed by atoms with Gasteiger partial charge in [0, 0.05) is 0 Å². The van der Waals surface area contributed by atoms with E-state index in [-0.39, 0.29) is 45.1 Å². The maximum absolute atomic E-state index is 0. The minimum atomic E-state index is 0. The third-order valence-corrected chi connectivity index (χ3v) is 0. The average Bonchev–Trinajstić information content (AvgIpc) is 0. The van der Waals surface area contributed by atoms with Gasteiger partial charge in [0.1, 0.15) is 0 Å². The maximum Gasteiger partial charge on any atom is 2.00 e. The zero-order valence-electron chi connectivity index (χ0n) is 1.61. The number of hydrogen-bond acceptors (Lipinski definition) is 1. The van der Waals surface area contributed by atoms with Gasteiger partial charge in [-0.2, -0.15) is 0 Å². The van der Waals surface area contributed by atoms with Crippen molar-refractivity contribution in [3.63, 3.8) is 0 Å². The van der Waals surface area contributed by atoms with E-state index in [9.17, 15) is 0 Å². The first kappa shape index (κ1) is 84.5. The van der Waals surface area contributed by atoms with Crippen LogP contribution in [0.2, 0.25) is 0 Å². The van der Waals surface area contributed by atoms with E-state index in [1.807, 2.05) is 0 Å². The molecule has 0 heterocycles. The Labute approximate surface area is 45.5 Å². The Morgan fingerprint density at radius 3 is 0.750 bits per heavy atom. The van der Waals surface area contributed by atoms with Crippen LogP contribution in [0.5, 0.6) is 0 Å². The van der Waals surface area contributed by atoms with Gasteiger partial charge in [-0.1, -0.05) is 0 Å². The van der Waals surface area contributed by atoms with Crippen molar-refractivity contribution in [3.8, 4) is 0 Å². The minimum Gasteiger partial charge on any atom is -2.00 e. The Balaban J connectivity index is 0. The standard InChI is InChI=1S/2Mn.H2O.O/h;;1H2;/q2*+2;;-2/p-1. The molecule has 0 saturated carbocycles. The Morgan fingerprint density at radius 2 is 0.750 bits per heavy atom. The number of hydrogen-bond donors (Lipinski definition) is 0. The molecular formula is HMn2O2+. The first-order chi connectivity index (χ1) is 0. The van der Waals surface area contributed by atoms with Crippen LogP contribution < -0.4 is 0 Å². The summed E-state index contributed by atoms with van der Waals surface area (Å²) in [4.78, 5) is 0. The van der Waals surface area contributed by atoms with Crippen LogP contribution in [-0.4, -0.2) is 5.48 Å². The monoisotopic (exact) mass is 143 g/mol. The largest absolute Gasteiger partial charge is 2.00 e. The van der Waals surface area contributed by atoms with Gasteiger partial charge < -0.3 is 11.0 Å². The molecule has 0 aliphatic carbocycles. The molecule has 2 radical (unpaired) electrons. The molecular weight excluding hydrogens is 142 g/mol. The summed E-state index contributed by atoms with van der Waals surface area (Å²) in [7, 11) is 0. The third kappa shape index (κ3) is 12.3. The molecule has 4 heavy (non-hydrogen) atoms. The van der Waals surface area contributed by atoms with E-state index in [0.717, 1.165) is 0 Å². The summed E-state index contributed by atoms with van der Waals surface area (Å²) in [6.07, 6.45) is 0. The molecule has 0 aliphatic heterocycles. The van der Waals surface area contributed by atoms with E-state index in [1.165, 1.54) is 0 Å². The van der Waals surface area contributed by atoms with E-state index in [2.05, 4.69) is 0 Å². The Bertz CT molecular complexity index is 4.00. The molecule has 0 spiro atoms. The predicted molar refractivity (Wildman–Crippen MR) is 2.62 cm³/mol. The quantitative estimate of drug-likeness (QED) is 0.429. The maximum atomic E-state index is 0. The first-order valence-corrected chi connectivity index (χ1v) is 0. The van der Waals surface area contributed by atoms with Gasteiger partial charge in [-0.15, -0.1) is 0 Å². The summed E-state index contributed by atoms with van der Waals surface area (Å²) >= 11 is 0. The van der Waals surface area contributed by atoms with Crippen molar-refractivity contribution >= 4 is 0 Å². The van der Waals surface area contributed by atoms with Crippen molar-refractivity contribution in [1.82, 2.24) is 0 Å². The summed E-state index contributed by atoms with van der Waals surface area (Å²) in [5.74, 6) is 0. The van der Waals surface area contributed by atoms with Gasteiger partial charge in [0.05, 0.1) is 0 Å². The second-order valence-corrected chi connectivity index (χ2v) is 0. The molecule has 26 valence electrons. The number of rotatable bonds is 0. The molecule has 0 aromatic heterocycles. The van der Waals surface area contributed by atoms with Crippen molar-refractivity contribution in [1.29, 1.82) is 0 Å². The minimum absolute atomic E-state index is 0. The van der Waals surface area contributed by atoms with Crippen LogP contribution in [0.15, 0.2) is 0 Å². The summed E-state index contributed by atoms with van der Waals surface area (Å²) in [5, 5.41) is 0. The van der Waals surface area contributed by atoms with Crippen LogP contribution in [0.4, 0.5) is 0 Å². The first-order valence-electron chi connectivity index (χ1n) is 0. The van der Waals surface area contributed by atoms with Crippen molar-refractivity contribution in [2.24, 2.45) is 0 Å². The van der Waals surface area contributed by atoms with Crippen LogP contribution in [0.25, 0.3) is 0 Å². The van der Waals surface area contributed by atoms with Gasteiger partial charge in [0.15, 0.2) is 0 Å². The topological polar surface area (TPSA) is 58.5 Å². The summed E-state index contributed by atoms with van der Waals surface area (Å²) in [5.41, 5.74) is 0. The molecule has 1 N–H and O–H groups in total. The second-order valence-electron chi connectivity index (χ2n) is 0. The fourth-order valence-electron chi connectivity index (χ4n) is 0. The second kappa shape index (κ2) is 37.7. The summed E-state index contributed by atoms with van der Waals surface area (Å²) in [6.45, 7) is 0. The molecule has 0 aliphatic rings. The Kier molecular flexibility index (Phi) is 796. The van der Waals surface area contributed by atoms with E-state index in [0.29, 0.717) is 0 Å². The van der Waals surface area contributed by atoms with Crippen LogP contribution in [0, 0.1) is 0 Å². The molecule has 0 fully saturated rings. The van der Waals surface area contributed by atoms with Gasteiger partial charge in [-0.05, 0) is 0 Å². The normalized spacial score (nSPS) is 0. The smallest absolute Gasteiger partial charge is 2.00 e. The Morgan fingerprint density at radius 1 is 0.750 bits per heavy atom. The van der Waals surface area contributed by atoms with Crippen LogP contribution in [0.1, 0.15) is 0 Å². The summed E-state index contributed by atoms with van der Waals surface area (Å²) in [6, 6.07) is 0. The predicted octanol–water partition coefficient (Wildman–Crippen LogP) is -0.301. The van der Waals surface area contributed by atoms with E-state index in [4.69, 9.17) is 0 Å². The van der Waals surface area contributed by atoms with Crippen LogP contribution >= 0.6 is 0 Å². The van der Waals surface area contributed by atoms with Crippen molar-refractivity contribution in [2.75, 3.05) is 0 Å². The van der Waals surface area contributed by atoms with Gasteiger partial charge in [0.25, 0.3) is 0 Å². The zero-order chi connectivity index (χ0) is 0. The molecule has 0 amide bonds. The van der Waals surface area contributed by atoms with Gasteiger partial charge in [-0.25, -0.2) is 0 Å². The van der Waals surface area contributed by atoms with Crippen molar-refractivity contribution in [2.45, 2.75) is 0 Å². The molecule has 2 nitrogen and oxygen atoms in total. The zero-order valence-corrected chi connectivity index (χ0v) is 3.97. The van der Waals surface area contributed by atoms with E-state index < -0.39 is 0 Å². The molecule has 0 atom stereocenters. The fraction of sp³-hybridized carbons (Fsp3) is 0. The molecule has 0 saturated heterocycles. The van der Waals surface area contributed by atoms with Gasteiger partial charge in [0.2, 0.25) is 0 Å².